The Labute approximate surface area is 166 Å². The minimum absolute atomic E-state index is 0. The molecular formula is C17H20AgN4O4-. The van der Waals surface area contributed by atoms with Gasteiger partial charge in [-0.15, -0.1) is 0 Å². The number of benzene rings is 1. The molecule has 1 aromatic carbocycles. The average Bonchev–Trinajstić information content (AvgIpc) is 2.84. The summed E-state index contributed by atoms with van der Waals surface area (Å²) < 4.78 is 2.79. The Morgan fingerprint density at radius 3 is 2.15 bits per heavy atom. The van der Waals surface area contributed by atoms with Gasteiger partial charge in [0.15, 0.2) is 0 Å². The maximum Gasteiger partial charge on any atom is 1.00 e. The van der Waals surface area contributed by atoms with Gasteiger partial charge in [0.05, 0.1) is 6.54 Å². The van der Waals surface area contributed by atoms with E-state index in [0.717, 1.165) is 12.5 Å². The number of carboxylic acid groups (broad SMARTS) is 1. The van der Waals surface area contributed by atoms with Crippen molar-refractivity contribution < 1.29 is 32.3 Å². The van der Waals surface area contributed by atoms with Crippen LogP contribution in [0.25, 0.3) is 0 Å². The van der Waals surface area contributed by atoms with Crippen molar-refractivity contribution in [1.29, 1.82) is 0 Å². The number of carbonyl (C=O) groups is 1. The van der Waals surface area contributed by atoms with Crippen LogP contribution in [-0.4, -0.2) is 29.2 Å². The van der Waals surface area contributed by atoms with Gasteiger partial charge in [-0.2, -0.15) is 6.67 Å². The molecule has 0 amide bonds. The summed E-state index contributed by atoms with van der Waals surface area (Å²) in [4.78, 5) is 37.5. The molecule has 0 atom stereocenters. The Morgan fingerprint density at radius 2 is 1.62 bits per heavy atom. The first kappa shape index (κ1) is 21.8. The van der Waals surface area contributed by atoms with E-state index < -0.39 is 5.97 Å². The molecule has 8 nitrogen and oxygen atoms in total. The number of nitrogens with zero attached hydrogens (tertiary/aromatic N) is 4. The first-order valence-corrected chi connectivity index (χ1v) is 7.60. The minimum Gasteiger partial charge on any atom is -0.550 e. The van der Waals surface area contributed by atoms with Crippen LogP contribution in [0.4, 0.5) is 11.5 Å². The molecule has 0 N–H and O–H groups in total. The third kappa shape index (κ3) is 4.46. The van der Waals surface area contributed by atoms with E-state index in [2.05, 4.69) is 0 Å². The first-order valence-electron chi connectivity index (χ1n) is 7.60. The van der Waals surface area contributed by atoms with Crippen LogP contribution in [0, 0.1) is 6.67 Å². The topological polar surface area (TPSA) is 90.6 Å². The van der Waals surface area contributed by atoms with Crippen molar-refractivity contribution >= 4 is 17.5 Å². The fraction of sp³-hybridized carbons (Fsp3) is 0.294. The van der Waals surface area contributed by atoms with Gasteiger partial charge in [-0.3, -0.25) is 13.9 Å². The van der Waals surface area contributed by atoms with E-state index in [4.69, 9.17) is 9.90 Å². The molecule has 0 fully saturated rings. The van der Waals surface area contributed by atoms with Gasteiger partial charge >= 0.3 is 28.1 Å². The van der Waals surface area contributed by atoms with Crippen molar-refractivity contribution in [3.63, 3.8) is 0 Å². The van der Waals surface area contributed by atoms with E-state index in [0.29, 0.717) is 11.5 Å². The first-order chi connectivity index (χ1) is 11.7. The van der Waals surface area contributed by atoms with Crippen molar-refractivity contribution in [1.82, 2.24) is 9.13 Å². The summed E-state index contributed by atoms with van der Waals surface area (Å²) in [5.41, 5.74) is 0.878. The van der Waals surface area contributed by atoms with Gasteiger partial charge < -0.3 is 19.7 Å². The molecule has 26 heavy (non-hydrogen) atoms. The molecule has 0 spiro atoms. The number of fused-ring (bicyclic) bond motifs is 1. The Morgan fingerprint density at radius 1 is 1.08 bits per heavy atom. The van der Waals surface area contributed by atoms with Crippen LogP contribution in [0.3, 0.4) is 0 Å². The zero-order valence-electron chi connectivity index (χ0n) is 14.9. The van der Waals surface area contributed by atoms with E-state index in [9.17, 15) is 9.59 Å². The second-order valence-electron chi connectivity index (χ2n) is 5.72. The number of hydrogen-bond donors (Lipinski definition) is 0. The second kappa shape index (κ2) is 8.88. The molecular weight excluding hydrogens is 432 g/mol. The average molecular weight is 452 g/mol. The number of rotatable bonds is 2. The third-order valence-corrected chi connectivity index (χ3v) is 3.71. The summed E-state index contributed by atoms with van der Waals surface area (Å²) in [6.07, 6.45) is 0. The van der Waals surface area contributed by atoms with Crippen molar-refractivity contribution in [2.45, 2.75) is 13.5 Å². The molecule has 0 bridgehead atoms. The summed E-state index contributed by atoms with van der Waals surface area (Å²) >= 11 is 0. The van der Waals surface area contributed by atoms with Gasteiger partial charge in [0, 0.05) is 13.0 Å². The summed E-state index contributed by atoms with van der Waals surface area (Å²) in [6, 6.07) is 9.50. The smallest absolute Gasteiger partial charge is 0.550 e. The van der Waals surface area contributed by atoms with E-state index >= 15 is 0 Å². The van der Waals surface area contributed by atoms with Gasteiger partial charge in [-0.1, -0.05) is 30.3 Å². The molecule has 1 aliphatic rings. The number of carboxylic acids is 1. The molecule has 0 aliphatic carbocycles. The third-order valence-electron chi connectivity index (χ3n) is 3.71. The molecule has 0 radical (unpaired) electrons. The zero-order valence-corrected chi connectivity index (χ0v) is 16.4. The molecule has 9 heteroatoms. The molecule has 0 unspecified atom stereocenters. The summed E-state index contributed by atoms with van der Waals surface area (Å²) in [6.45, 7) is 3.04. The zero-order chi connectivity index (χ0) is 18.7. The van der Waals surface area contributed by atoms with Crippen molar-refractivity contribution in [3.8, 4) is 0 Å². The van der Waals surface area contributed by atoms with Crippen LogP contribution >= 0.6 is 0 Å². The Balaban J connectivity index is 0.000000616. The van der Waals surface area contributed by atoms with E-state index in [-0.39, 0.29) is 40.2 Å². The van der Waals surface area contributed by atoms with E-state index in [1.807, 2.05) is 37.4 Å². The summed E-state index contributed by atoms with van der Waals surface area (Å²) in [7, 11) is 5.31. The van der Waals surface area contributed by atoms with Gasteiger partial charge in [-0.25, -0.2) is 4.79 Å². The molecule has 1 aromatic heterocycles. The number of anilines is 2. The SMILES string of the molecule is CC(=O)[O-].CN1[CH-]N(C)c2c1c(=O)n(Cc1ccccc1)c(=O)n2C.[Ag+]. The van der Waals surface area contributed by atoms with Crippen LogP contribution < -0.4 is 26.2 Å². The number of aliphatic carboxylic acids is 1. The maximum absolute atomic E-state index is 12.7. The standard InChI is InChI=1S/C15H17N4O2.C2H4O2.Ag/c1-16-10-17(2)13-12(16)14(20)19(15(21)18(13)3)9-11-7-5-4-6-8-11;1-2(3)4;/h4-8,10H,9H2,1-3H3;1H3,(H,3,4);/q-1;;+1/p-1. The number of aromatic nitrogens is 2. The fourth-order valence-electron chi connectivity index (χ4n) is 2.73. The van der Waals surface area contributed by atoms with E-state index in [1.54, 1.807) is 30.6 Å². The van der Waals surface area contributed by atoms with Gasteiger partial charge in [-0.05, 0) is 26.6 Å². The molecule has 3 rings (SSSR count). The second-order valence-corrected chi connectivity index (χ2v) is 5.72. The number of carbonyl (C=O) groups excluding carboxylic acids is 1. The normalized spacial score (nSPS) is 12.0. The Bertz CT molecular complexity index is 888. The monoisotopic (exact) mass is 451 g/mol. The van der Waals surface area contributed by atoms with Crippen LogP contribution in [0.1, 0.15) is 12.5 Å². The van der Waals surface area contributed by atoms with Gasteiger partial charge in [0.1, 0.15) is 11.5 Å². The van der Waals surface area contributed by atoms with Crippen LogP contribution in [0.15, 0.2) is 39.9 Å². The minimum atomic E-state index is -1.08. The van der Waals surface area contributed by atoms with Crippen molar-refractivity contribution in [2.75, 3.05) is 23.9 Å². The molecule has 144 valence electrons. The largest absolute Gasteiger partial charge is 1.00 e. The van der Waals surface area contributed by atoms with E-state index in [1.165, 1.54) is 9.13 Å². The quantitative estimate of drug-likeness (QED) is 0.445. The predicted molar refractivity (Wildman–Crippen MR) is 93.3 cm³/mol. The van der Waals surface area contributed by atoms with Gasteiger partial charge in [0.25, 0.3) is 5.56 Å². The summed E-state index contributed by atoms with van der Waals surface area (Å²) in [5.74, 6) is -0.461. The van der Waals surface area contributed by atoms with Crippen LogP contribution in [0.5, 0.6) is 0 Å². The predicted octanol–water partition coefficient (Wildman–Crippen LogP) is -0.646. The maximum atomic E-state index is 12.7. The molecule has 2 aromatic rings. The van der Waals surface area contributed by atoms with Crippen molar-refractivity contribution in [2.24, 2.45) is 7.05 Å². The molecule has 0 saturated carbocycles. The number of hydrogen-bond acceptors (Lipinski definition) is 6. The molecule has 2 heterocycles. The summed E-state index contributed by atoms with van der Waals surface area (Å²) in [5, 5.41) is 8.89. The van der Waals surface area contributed by atoms with Crippen LogP contribution in [0.2, 0.25) is 0 Å². The Kier molecular flexibility index (Phi) is 7.43. The van der Waals surface area contributed by atoms with Gasteiger partial charge in [0.2, 0.25) is 0 Å². The van der Waals surface area contributed by atoms with Crippen molar-refractivity contribution in [3.05, 3.63) is 63.4 Å². The van der Waals surface area contributed by atoms with Crippen LogP contribution in [-0.2, 0) is 40.8 Å². The molecule has 1 aliphatic heterocycles. The Hall–Kier alpha value is -2.29. The fourth-order valence-corrected chi connectivity index (χ4v) is 2.73. The molecule has 0 saturated heterocycles.